The van der Waals surface area contributed by atoms with Crippen molar-refractivity contribution in [2.24, 2.45) is 0 Å². The third kappa shape index (κ3) is 5.57. The van der Waals surface area contributed by atoms with Crippen molar-refractivity contribution in [3.05, 3.63) is 59.7 Å². The van der Waals surface area contributed by atoms with Gasteiger partial charge in [0.2, 0.25) is 0 Å². The van der Waals surface area contributed by atoms with Crippen LogP contribution >= 0.6 is 0 Å². The van der Waals surface area contributed by atoms with E-state index in [1.54, 1.807) is 29.2 Å². The number of nitrogens with zero attached hydrogens (tertiary/aromatic N) is 1. The van der Waals surface area contributed by atoms with Crippen LogP contribution in [0.25, 0.3) is 0 Å². The molecular formula is C23H28N2O4. The van der Waals surface area contributed by atoms with E-state index >= 15 is 0 Å². The molecule has 2 aromatic rings. The summed E-state index contributed by atoms with van der Waals surface area (Å²) in [6.07, 6.45) is 1.00. The zero-order chi connectivity index (χ0) is 20.6. The van der Waals surface area contributed by atoms with Crippen molar-refractivity contribution >= 4 is 17.5 Å². The smallest absolute Gasteiger partial charge is 0.262 e. The summed E-state index contributed by atoms with van der Waals surface area (Å²) in [6.45, 7) is 6.55. The number of anilines is 1. The maximum Gasteiger partial charge on any atom is 0.262 e. The number of hydrogen-bond donors (Lipinski definition) is 1. The summed E-state index contributed by atoms with van der Waals surface area (Å²) in [5.41, 5.74) is 2.34. The van der Waals surface area contributed by atoms with Gasteiger partial charge < -0.3 is 19.7 Å². The maximum atomic E-state index is 12.5. The third-order valence-corrected chi connectivity index (χ3v) is 5.13. The second-order valence-electron chi connectivity index (χ2n) is 7.17. The molecule has 1 aliphatic rings. The van der Waals surface area contributed by atoms with Crippen molar-refractivity contribution in [2.45, 2.75) is 26.2 Å². The van der Waals surface area contributed by atoms with Crippen LogP contribution in [0.3, 0.4) is 0 Å². The topological polar surface area (TPSA) is 67.9 Å². The monoisotopic (exact) mass is 396 g/mol. The molecule has 3 rings (SSSR count). The third-order valence-electron chi connectivity index (χ3n) is 5.13. The summed E-state index contributed by atoms with van der Waals surface area (Å²) in [4.78, 5) is 26.5. The molecule has 1 heterocycles. The van der Waals surface area contributed by atoms with E-state index < -0.39 is 0 Å². The minimum atomic E-state index is -0.240. The first-order chi connectivity index (χ1) is 14.1. The van der Waals surface area contributed by atoms with Crippen LogP contribution in [0, 0.1) is 0 Å². The Kier molecular flexibility index (Phi) is 7.25. The average Bonchev–Trinajstić information content (AvgIpc) is 2.78. The molecule has 1 N–H and O–H groups in total. The van der Waals surface area contributed by atoms with E-state index in [0.717, 1.165) is 17.7 Å². The van der Waals surface area contributed by atoms with E-state index in [1.165, 1.54) is 0 Å². The molecule has 1 saturated heterocycles. The van der Waals surface area contributed by atoms with Gasteiger partial charge in [0, 0.05) is 24.3 Å². The zero-order valence-electron chi connectivity index (χ0n) is 17.0. The predicted octanol–water partition coefficient (Wildman–Crippen LogP) is 3.69. The highest BCUT2D eigenvalue weighted by atomic mass is 16.5. The lowest BCUT2D eigenvalue weighted by Crippen LogP contribution is -2.40. The van der Waals surface area contributed by atoms with E-state index in [9.17, 15) is 9.59 Å². The number of amides is 2. The Hall–Kier alpha value is -2.86. The summed E-state index contributed by atoms with van der Waals surface area (Å²) in [6, 6.07) is 14.7. The minimum absolute atomic E-state index is 0.0174. The molecule has 29 heavy (non-hydrogen) atoms. The number of carbonyl (C=O) groups excluding carboxylic acids is 2. The van der Waals surface area contributed by atoms with Crippen molar-refractivity contribution in [3.63, 3.8) is 0 Å². The molecule has 0 aromatic heterocycles. The molecule has 154 valence electrons. The molecule has 6 heteroatoms. The predicted molar refractivity (Wildman–Crippen MR) is 112 cm³/mol. The Morgan fingerprint density at radius 3 is 2.48 bits per heavy atom. The average molecular weight is 396 g/mol. The molecule has 0 spiro atoms. The zero-order valence-corrected chi connectivity index (χ0v) is 17.0. The lowest BCUT2D eigenvalue weighted by atomic mass is 9.98. The highest BCUT2D eigenvalue weighted by Gasteiger charge is 2.18. The van der Waals surface area contributed by atoms with Crippen LogP contribution in [0.4, 0.5) is 5.69 Å². The van der Waals surface area contributed by atoms with Gasteiger partial charge >= 0.3 is 0 Å². The molecule has 1 fully saturated rings. The number of para-hydroxylation sites is 1. The van der Waals surface area contributed by atoms with Crippen LogP contribution in [-0.2, 0) is 9.53 Å². The summed E-state index contributed by atoms with van der Waals surface area (Å²) < 4.78 is 11.0. The van der Waals surface area contributed by atoms with Gasteiger partial charge in [0.05, 0.1) is 13.2 Å². The molecule has 0 aliphatic carbocycles. The SMILES string of the molecule is CC[C@H](C)c1ccccc1OCC(=O)Nc1ccc(C(=O)N2CCOCC2)cc1. The van der Waals surface area contributed by atoms with Gasteiger partial charge in [-0.05, 0) is 48.2 Å². The van der Waals surface area contributed by atoms with Crippen LogP contribution in [0.15, 0.2) is 48.5 Å². The van der Waals surface area contributed by atoms with Crippen molar-refractivity contribution in [1.82, 2.24) is 4.90 Å². The number of rotatable bonds is 7. The molecule has 0 unspecified atom stereocenters. The minimum Gasteiger partial charge on any atom is -0.483 e. The van der Waals surface area contributed by atoms with E-state index in [4.69, 9.17) is 9.47 Å². The number of morpholine rings is 1. The standard InChI is InChI=1S/C23H28N2O4/c1-3-17(2)20-6-4-5-7-21(20)29-16-22(26)24-19-10-8-18(9-11-19)23(27)25-12-14-28-15-13-25/h4-11,17H,3,12-16H2,1-2H3,(H,24,26)/t17-/m0/s1. The Morgan fingerprint density at radius 2 is 1.79 bits per heavy atom. The van der Waals surface area contributed by atoms with Gasteiger partial charge in [-0.1, -0.05) is 32.0 Å². The van der Waals surface area contributed by atoms with E-state index in [1.807, 2.05) is 24.3 Å². The molecule has 0 saturated carbocycles. The normalized spacial score (nSPS) is 14.9. The molecule has 1 aliphatic heterocycles. The van der Waals surface area contributed by atoms with Gasteiger partial charge in [0.1, 0.15) is 5.75 Å². The van der Waals surface area contributed by atoms with E-state index in [0.29, 0.717) is 43.5 Å². The lowest BCUT2D eigenvalue weighted by molar-refractivity contribution is -0.118. The van der Waals surface area contributed by atoms with Crippen LogP contribution in [0.2, 0.25) is 0 Å². The van der Waals surface area contributed by atoms with Gasteiger partial charge in [-0.3, -0.25) is 9.59 Å². The van der Waals surface area contributed by atoms with Crippen LogP contribution in [-0.4, -0.2) is 49.6 Å². The fourth-order valence-electron chi connectivity index (χ4n) is 3.22. The summed E-state index contributed by atoms with van der Waals surface area (Å²) in [7, 11) is 0. The number of benzene rings is 2. The quantitative estimate of drug-likeness (QED) is 0.775. The maximum absolute atomic E-state index is 12.5. The summed E-state index contributed by atoms with van der Waals surface area (Å²) in [5.74, 6) is 0.849. The first-order valence-electron chi connectivity index (χ1n) is 10.1. The Balaban J connectivity index is 1.54. The summed E-state index contributed by atoms with van der Waals surface area (Å²) in [5, 5.41) is 2.81. The highest BCUT2D eigenvalue weighted by molar-refractivity contribution is 5.96. The molecule has 0 radical (unpaired) electrons. The fourth-order valence-corrected chi connectivity index (χ4v) is 3.22. The second-order valence-corrected chi connectivity index (χ2v) is 7.17. The molecular weight excluding hydrogens is 368 g/mol. The number of carbonyl (C=O) groups is 2. The second kappa shape index (κ2) is 10.1. The van der Waals surface area contributed by atoms with Gasteiger partial charge in [-0.15, -0.1) is 0 Å². The van der Waals surface area contributed by atoms with Crippen LogP contribution in [0.5, 0.6) is 5.75 Å². The number of nitrogens with one attached hydrogen (secondary N) is 1. The van der Waals surface area contributed by atoms with Gasteiger partial charge in [-0.2, -0.15) is 0 Å². The Labute approximate surface area is 171 Å². The number of hydrogen-bond acceptors (Lipinski definition) is 4. The molecule has 0 bridgehead atoms. The van der Waals surface area contributed by atoms with Crippen molar-refractivity contribution in [2.75, 3.05) is 38.2 Å². The van der Waals surface area contributed by atoms with Gasteiger partial charge in [-0.25, -0.2) is 0 Å². The Bertz CT molecular complexity index is 829. The molecule has 2 aromatic carbocycles. The van der Waals surface area contributed by atoms with Crippen molar-refractivity contribution in [3.8, 4) is 5.75 Å². The largest absolute Gasteiger partial charge is 0.483 e. The van der Waals surface area contributed by atoms with Gasteiger partial charge in [0.15, 0.2) is 6.61 Å². The Morgan fingerprint density at radius 1 is 1.10 bits per heavy atom. The first kappa shape index (κ1) is 20.9. The van der Waals surface area contributed by atoms with Crippen LogP contribution < -0.4 is 10.1 Å². The van der Waals surface area contributed by atoms with E-state index in [-0.39, 0.29) is 18.4 Å². The van der Waals surface area contributed by atoms with E-state index in [2.05, 4.69) is 19.2 Å². The summed E-state index contributed by atoms with van der Waals surface area (Å²) >= 11 is 0. The number of ether oxygens (including phenoxy) is 2. The van der Waals surface area contributed by atoms with Gasteiger partial charge in [0.25, 0.3) is 11.8 Å². The molecule has 6 nitrogen and oxygen atoms in total. The molecule has 2 amide bonds. The highest BCUT2D eigenvalue weighted by Crippen LogP contribution is 2.28. The first-order valence-corrected chi connectivity index (χ1v) is 10.1. The lowest BCUT2D eigenvalue weighted by Gasteiger charge is -2.26. The molecule has 1 atom stereocenters. The fraction of sp³-hybridized carbons (Fsp3) is 0.391. The van der Waals surface area contributed by atoms with Crippen molar-refractivity contribution in [1.29, 1.82) is 0 Å². The van der Waals surface area contributed by atoms with Crippen molar-refractivity contribution < 1.29 is 19.1 Å². The van der Waals surface area contributed by atoms with Crippen LogP contribution in [0.1, 0.15) is 42.1 Å².